The Kier molecular flexibility index (Phi) is 8.37. The summed E-state index contributed by atoms with van der Waals surface area (Å²) in [6.07, 6.45) is 1.86. The summed E-state index contributed by atoms with van der Waals surface area (Å²) < 4.78 is 0. The molecule has 3 nitrogen and oxygen atoms in total. The topological polar surface area (TPSA) is 38.7 Å². The largest absolute Gasteiger partial charge is 0.256 e. The van der Waals surface area contributed by atoms with Crippen LogP contribution in [0, 0.1) is 0 Å². The summed E-state index contributed by atoms with van der Waals surface area (Å²) in [5, 5.41) is 2.38. The Morgan fingerprint density at radius 1 is 0.305 bits per heavy atom. The van der Waals surface area contributed by atoms with Gasteiger partial charge in [0.05, 0.1) is 22.5 Å². The van der Waals surface area contributed by atoms with Gasteiger partial charge in [-0.05, 0) is 85.6 Å². The summed E-state index contributed by atoms with van der Waals surface area (Å²) in [6.45, 7) is 0. The van der Waals surface area contributed by atoms with Crippen LogP contribution in [-0.2, 0) is 5.41 Å². The minimum absolute atomic E-state index is 0.623. The van der Waals surface area contributed by atoms with Crippen molar-refractivity contribution in [2.45, 2.75) is 5.41 Å². The minimum atomic E-state index is -0.623. The number of hydrogen-bond acceptors (Lipinski definition) is 3. The summed E-state index contributed by atoms with van der Waals surface area (Å²) in [7, 11) is 0. The van der Waals surface area contributed by atoms with Gasteiger partial charge in [-0.2, -0.15) is 0 Å². The van der Waals surface area contributed by atoms with E-state index in [2.05, 4.69) is 200 Å². The van der Waals surface area contributed by atoms with Gasteiger partial charge in [0.15, 0.2) is 5.82 Å². The third-order valence-corrected chi connectivity index (χ3v) is 11.8. The third-order valence-electron chi connectivity index (χ3n) is 11.8. The lowest BCUT2D eigenvalue weighted by molar-refractivity contribution is 0.769. The molecule has 276 valence electrons. The molecule has 0 saturated heterocycles. The fourth-order valence-electron chi connectivity index (χ4n) is 9.22. The van der Waals surface area contributed by atoms with Crippen molar-refractivity contribution in [2.75, 3.05) is 0 Å². The lowest BCUT2D eigenvalue weighted by Crippen LogP contribution is -2.28. The van der Waals surface area contributed by atoms with E-state index in [4.69, 9.17) is 15.0 Å². The van der Waals surface area contributed by atoms with Crippen LogP contribution in [-0.4, -0.2) is 15.0 Å². The van der Waals surface area contributed by atoms with E-state index < -0.39 is 5.41 Å². The Labute approximate surface area is 344 Å². The van der Waals surface area contributed by atoms with Gasteiger partial charge >= 0.3 is 0 Å². The number of fused-ring (bicyclic) bond motifs is 4. The van der Waals surface area contributed by atoms with Crippen molar-refractivity contribution in [1.29, 1.82) is 0 Å². The normalized spacial score (nSPS) is 12.5. The summed E-state index contributed by atoms with van der Waals surface area (Å²) in [4.78, 5) is 15.2. The van der Waals surface area contributed by atoms with Crippen LogP contribution in [0.1, 0.15) is 22.3 Å². The standard InChI is InChI=1S/C56H37N3/c1-3-17-38(18-4-1)53-37-54(39-19-5-2-6-20-39)59-55(58-53)41-22-16-24-43(36-41)56(50-29-11-9-27-47(50)48-28-10-12-30-51(48)56)42-23-15-21-40(35-42)44-32-33-49(52-31-13-14-34-57-52)46-26-8-7-25-45(44)46/h1-37H. The highest BCUT2D eigenvalue weighted by Gasteiger charge is 2.46. The third kappa shape index (κ3) is 5.78. The second-order valence-electron chi connectivity index (χ2n) is 15.1. The Hall–Kier alpha value is -7.75. The Bertz CT molecular complexity index is 3050. The van der Waals surface area contributed by atoms with Crippen molar-refractivity contribution in [3.05, 3.63) is 247 Å². The van der Waals surface area contributed by atoms with E-state index >= 15 is 0 Å². The van der Waals surface area contributed by atoms with Crippen LogP contribution in [0.15, 0.2) is 225 Å². The SMILES string of the molecule is c1ccc(-c2cc(-c3ccccc3)nc(-c3cccc(C4(c5cccc(-c6ccc(-c7ccccn7)c7ccccc67)c5)c5ccccc5-c5ccccc54)c3)n2)cc1. The zero-order valence-corrected chi connectivity index (χ0v) is 32.2. The van der Waals surface area contributed by atoms with Gasteiger partial charge in [0.2, 0.25) is 0 Å². The smallest absolute Gasteiger partial charge is 0.160 e. The van der Waals surface area contributed by atoms with E-state index in [1.807, 2.05) is 24.4 Å². The fraction of sp³-hybridized carbons (Fsp3) is 0.0179. The van der Waals surface area contributed by atoms with Gasteiger partial charge in [-0.1, -0.05) is 188 Å². The molecule has 0 bridgehead atoms. The zero-order chi connectivity index (χ0) is 39.2. The molecule has 0 atom stereocenters. The van der Waals surface area contributed by atoms with Crippen molar-refractivity contribution < 1.29 is 0 Å². The zero-order valence-electron chi connectivity index (χ0n) is 32.2. The highest BCUT2D eigenvalue weighted by Crippen LogP contribution is 2.56. The molecule has 10 aromatic rings. The number of rotatable bonds is 7. The summed E-state index contributed by atoms with van der Waals surface area (Å²) in [5.41, 5.74) is 16.0. The second-order valence-corrected chi connectivity index (χ2v) is 15.1. The summed E-state index contributed by atoms with van der Waals surface area (Å²) >= 11 is 0. The number of benzene rings is 8. The lowest BCUT2D eigenvalue weighted by atomic mass is 9.67. The molecule has 0 saturated carbocycles. The molecule has 59 heavy (non-hydrogen) atoms. The van der Waals surface area contributed by atoms with Crippen LogP contribution < -0.4 is 0 Å². The molecule has 11 rings (SSSR count). The van der Waals surface area contributed by atoms with Crippen LogP contribution in [0.5, 0.6) is 0 Å². The van der Waals surface area contributed by atoms with Gasteiger partial charge < -0.3 is 0 Å². The fourth-order valence-corrected chi connectivity index (χ4v) is 9.22. The molecule has 0 spiro atoms. The Morgan fingerprint density at radius 2 is 0.797 bits per heavy atom. The van der Waals surface area contributed by atoms with E-state index in [-0.39, 0.29) is 0 Å². The number of aromatic nitrogens is 3. The van der Waals surface area contributed by atoms with Crippen LogP contribution in [0.4, 0.5) is 0 Å². The minimum Gasteiger partial charge on any atom is -0.256 e. The maximum Gasteiger partial charge on any atom is 0.160 e. The van der Waals surface area contributed by atoms with E-state index in [1.54, 1.807) is 0 Å². The highest BCUT2D eigenvalue weighted by molar-refractivity contribution is 6.04. The molecule has 0 N–H and O–H groups in total. The monoisotopic (exact) mass is 751 g/mol. The molecule has 1 aliphatic carbocycles. The van der Waals surface area contributed by atoms with E-state index in [0.29, 0.717) is 5.82 Å². The molecule has 0 amide bonds. The second kappa shape index (κ2) is 14.3. The predicted molar refractivity (Wildman–Crippen MR) is 242 cm³/mol. The van der Waals surface area contributed by atoms with Crippen LogP contribution >= 0.6 is 0 Å². The van der Waals surface area contributed by atoms with E-state index in [0.717, 1.165) is 50.5 Å². The van der Waals surface area contributed by atoms with Crippen LogP contribution in [0.3, 0.4) is 0 Å². The van der Waals surface area contributed by atoms with Gasteiger partial charge in [0, 0.05) is 28.5 Å². The first-order valence-electron chi connectivity index (χ1n) is 20.1. The van der Waals surface area contributed by atoms with Crippen molar-refractivity contribution >= 4 is 10.8 Å². The molecule has 0 unspecified atom stereocenters. The maximum atomic E-state index is 5.25. The van der Waals surface area contributed by atoms with Crippen molar-refractivity contribution in [1.82, 2.24) is 15.0 Å². The van der Waals surface area contributed by atoms with Gasteiger partial charge in [-0.15, -0.1) is 0 Å². The van der Waals surface area contributed by atoms with Crippen molar-refractivity contribution in [3.8, 4) is 67.4 Å². The van der Waals surface area contributed by atoms with Crippen LogP contribution in [0.2, 0.25) is 0 Å². The Balaban J connectivity index is 1.14. The molecule has 3 heteroatoms. The molecular formula is C56H37N3. The van der Waals surface area contributed by atoms with Gasteiger partial charge in [0.25, 0.3) is 0 Å². The molecule has 1 aliphatic rings. The molecule has 0 radical (unpaired) electrons. The Morgan fingerprint density at radius 3 is 1.41 bits per heavy atom. The van der Waals surface area contributed by atoms with Crippen molar-refractivity contribution in [3.63, 3.8) is 0 Å². The average molecular weight is 752 g/mol. The summed E-state index contributed by atoms with van der Waals surface area (Å²) in [5.74, 6) is 0.690. The highest BCUT2D eigenvalue weighted by atomic mass is 14.9. The quantitative estimate of drug-likeness (QED) is 0.163. The number of nitrogens with zero attached hydrogens (tertiary/aromatic N) is 3. The first-order valence-corrected chi connectivity index (χ1v) is 20.1. The molecule has 2 aromatic heterocycles. The maximum absolute atomic E-state index is 5.25. The van der Waals surface area contributed by atoms with E-state index in [1.165, 1.54) is 44.2 Å². The predicted octanol–water partition coefficient (Wildman–Crippen LogP) is 13.7. The van der Waals surface area contributed by atoms with Gasteiger partial charge in [-0.25, -0.2) is 9.97 Å². The molecule has 8 aromatic carbocycles. The first kappa shape index (κ1) is 34.5. The molecule has 0 aliphatic heterocycles. The number of pyridine rings is 1. The van der Waals surface area contributed by atoms with Crippen molar-refractivity contribution in [2.24, 2.45) is 0 Å². The molecule has 0 fully saturated rings. The average Bonchev–Trinajstić information content (AvgIpc) is 3.63. The van der Waals surface area contributed by atoms with Gasteiger partial charge in [0.1, 0.15) is 0 Å². The number of hydrogen-bond donors (Lipinski definition) is 0. The lowest BCUT2D eigenvalue weighted by Gasteiger charge is -2.34. The molecule has 2 heterocycles. The summed E-state index contributed by atoms with van der Waals surface area (Å²) in [6, 6.07) is 78.1. The van der Waals surface area contributed by atoms with Crippen LogP contribution in [0.25, 0.3) is 78.2 Å². The van der Waals surface area contributed by atoms with E-state index in [9.17, 15) is 0 Å². The van der Waals surface area contributed by atoms with Gasteiger partial charge in [-0.3, -0.25) is 4.98 Å². The first-order chi connectivity index (χ1) is 29.3. The molecular weight excluding hydrogens is 715 g/mol.